The number of aromatic nitrogens is 1. The number of nitrogens with zero attached hydrogens (tertiary/aromatic N) is 3. The summed E-state index contributed by atoms with van der Waals surface area (Å²) < 4.78 is 10.7. The number of hydrogen-bond donors (Lipinski definition) is 1. The summed E-state index contributed by atoms with van der Waals surface area (Å²) in [6.45, 7) is 4.15. The van der Waals surface area contributed by atoms with Gasteiger partial charge in [-0.15, -0.1) is 0 Å². The Hall–Kier alpha value is -2.64. The molecule has 0 amide bonds. The van der Waals surface area contributed by atoms with Gasteiger partial charge in [-0.1, -0.05) is 12.1 Å². The highest BCUT2D eigenvalue weighted by Gasteiger charge is 2.30. The third-order valence-electron chi connectivity index (χ3n) is 5.05. The van der Waals surface area contributed by atoms with Crippen LogP contribution in [0.15, 0.2) is 42.6 Å². The van der Waals surface area contributed by atoms with Crippen molar-refractivity contribution in [2.45, 2.75) is 19.0 Å². The van der Waals surface area contributed by atoms with E-state index in [9.17, 15) is 9.90 Å². The van der Waals surface area contributed by atoms with Crippen molar-refractivity contribution in [3.63, 3.8) is 0 Å². The van der Waals surface area contributed by atoms with E-state index in [1.54, 1.807) is 18.3 Å². The Morgan fingerprint density at radius 1 is 1.11 bits per heavy atom. The van der Waals surface area contributed by atoms with Gasteiger partial charge in [0.05, 0.1) is 5.69 Å². The summed E-state index contributed by atoms with van der Waals surface area (Å²) in [5, 5.41) is 9.88. The lowest BCUT2D eigenvalue weighted by atomic mass is 10.0. The predicted octanol–water partition coefficient (Wildman–Crippen LogP) is 2.14. The Labute approximate surface area is 158 Å². The van der Waals surface area contributed by atoms with Crippen molar-refractivity contribution in [2.24, 2.45) is 0 Å². The van der Waals surface area contributed by atoms with Gasteiger partial charge in [-0.3, -0.25) is 19.6 Å². The van der Waals surface area contributed by atoms with Crippen molar-refractivity contribution >= 4 is 5.97 Å². The van der Waals surface area contributed by atoms with E-state index in [4.69, 9.17) is 9.47 Å². The van der Waals surface area contributed by atoms with Gasteiger partial charge in [0.2, 0.25) is 6.79 Å². The molecule has 1 N–H and O–H groups in total. The maximum Gasteiger partial charge on any atom is 0.325 e. The molecule has 0 radical (unpaired) electrons. The van der Waals surface area contributed by atoms with Crippen LogP contribution >= 0.6 is 0 Å². The van der Waals surface area contributed by atoms with Crippen LogP contribution in [0.4, 0.5) is 0 Å². The summed E-state index contributed by atoms with van der Waals surface area (Å²) in [4.78, 5) is 20.8. The molecule has 0 aliphatic carbocycles. The van der Waals surface area contributed by atoms with E-state index in [0.29, 0.717) is 18.0 Å². The number of carboxylic acid groups (broad SMARTS) is 1. The van der Waals surface area contributed by atoms with E-state index in [2.05, 4.69) is 9.88 Å². The average Bonchev–Trinajstić information content (AvgIpc) is 3.03. The maximum atomic E-state index is 12.0. The third kappa shape index (κ3) is 4.04. The Bertz CT molecular complexity index is 799. The normalized spacial score (nSPS) is 18.8. The minimum Gasteiger partial charge on any atom is -0.480 e. The minimum atomic E-state index is -0.841. The highest BCUT2D eigenvalue weighted by Crippen LogP contribution is 2.35. The second-order valence-corrected chi connectivity index (χ2v) is 6.84. The van der Waals surface area contributed by atoms with Crippen molar-refractivity contribution in [1.82, 2.24) is 14.8 Å². The molecule has 1 aromatic heterocycles. The zero-order chi connectivity index (χ0) is 18.6. The monoisotopic (exact) mass is 369 g/mol. The van der Waals surface area contributed by atoms with Gasteiger partial charge in [0.15, 0.2) is 11.5 Å². The summed E-state index contributed by atoms with van der Waals surface area (Å²) in [5.74, 6) is 0.442. The van der Waals surface area contributed by atoms with Crippen molar-refractivity contribution in [3.8, 4) is 11.5 Å². The molecule has 7 nitrogen and oxygen atoms in total. The second-order valence-electron chi connectivity index (χ2n) is 6.84. The molecule has 1 fully saturated rings. The molecule has 1 aromatic carbocycles. The maximum absolute atomic E-state index is 12.0. The number of pyridine rings is 1. The fourth-order valence-corrected chi connectivity index (χ4v) is 3.72. The predicted molar refractivity (Wildman–Crippen MR) is 98.6 cm³/mol. The number of rotatable bonds is 5. The Balaban J connectivity index is 1.46. The largest absolute Gasteiger partial charge is 0.480 e. The van der Waals surface area contributed by atoms with Gasteiger partial charge in [-0.05, 0) is 42.8 Å². The van der Waals surface area contributed by atoms with E-state index in [-0.39, 0.29) is 6.79 Å². The summed E-state index contributed by atoms with van der Waals surface area (Å²) >= 11 is 0. The molecule has 1 atom stereocenters. The summed E-state index contributed by atoms with van der Waals surface area (Å²) in [6, 6.07) is 10.6. The second kappa shape index (κ2) is 7.94. The Morgan fingerprint density at radius 2 is 2.00 bits per heavy atom. The van der Waals surface area contributed by atoms with Gasteiger partial charge in [-0.2, -0.15) is 0 Å². The molecule has 0 unspecified atom stereocenters. The van der Waals surface area contributed by atoms with Gasteiger partial charge in [0.1, 0.15) is 6.04 Å². The quantitative estimate of drug-likeness (QED) is 0.865. The molecule has 2 aliphatic rings. The lowest BCUT2D eigenvalue weighted by Gasteiger charge is -2.28. The van der Waals surface area contributed by atoms with E-state index in [1.807, 2.05) is 29.2 Å². The van der Waals surface area contributed by atoms with Crippen molar-refractivity contribution in [3.05, 3.63) is 53.9 Å². The number of hydrogen-bond acceptors (Lipinski definition) is 6. The molecule has 2 aliphatic heterocycles. The first kappa shape index (κ1) is 17.8. The number of carboxylic acids is 1. The topological polar surface area (TPSA) is 75.1 Å². The van der Waals surface area contributed by atoms with Crippen LogP contribution in [0.2, 0.25) is 0 Å². The van der Waals surface area contributed by atoms with Gasteiger partial charge < -0.3 is 14.6 Å². The fraction of sp³-hybridized carbons (Fsp3) is 0.400. The van der Waals surface area contributed by atoms with Crippen LogP contribution in [0.25, 0.3) is 0 Å². The molecule has 1 saturated heterocycles. The highest BCUT2D eigenvalue weighted by atomic mass is 16.7. The molecule has 7 heteroatoms. The van der Waals surface area contributed by atoms with Gasteiger partial charge in [-0.25, -0.2) is 0 Å². The van der Waals surface area contributed by atoms with Crippen LogP contribution in [0.3, 0.4) is 0 Å². The lowest BCUT2D eigenvalue weighted by molar-refractivity contribution is -0.143. The molecule has 3 heterocycles. The molecule has 27 heavy (non-hydrogen) atoms. The van der Waals surface area contributed by atoms with Crippen LogP contribution < -0.4 is 9.47 Å². The molecular weight excluding hydrogens is 346 g/mol. The molecule has 0 saturated carbocycles. The Morgan fingerprint density at radius 3 is 2.81 bits per heavy atom. The standard InChI is InChI=1S/C20H23N3O4/c24-20(25)19(15-5-6-17-18(12-15)27-14-26-17)23-9-3-8-22(10-11-23)13-16-4-1-2-7-21-16/h1-2,4-7,12,19H,3,8-11,13-14H2,(H,24,25)/t19-/m0/s1. The highest BCUT2D eigenvalue weighted by molar-refractivity contribution is 5.76. The van der Waals surface area contributed by atoms with Gasteiger partial charge >= 0.3 is 5.97 Å². The van der Waals surface area contributed by atoms with Crippen LogP contribution in [0.5, 0.6) is 11.5 Å². The van der Waals surface area contributed by atoms with E-state index < -0.39 is 12.0 Å². The van der Waals surface area contributed by atoms with E-state index in [1.165, 1.54) is 0 Å². The first-order valence-electron chi connectivity index (χ1n) is 9.19. The third-order valence-corrected chi connectivity index (χ3v) is 5.05. The van der Waals surface area contributed by atoms with E-state index in [0.717, 1.165) is 43.9 Å². The first-order chi connectivity index (χ1) is 13.2. The van der Waals surface area contributed by atoms with E-state index >= 15 is 0 Å². The van der Waals surface area contributed by atoms with Crippen molar-refractivity contribution in [1.29, 1.82) is 0 Å². The van der Waals surface area contributed by atoms with Gasteiger partial charge in [0, 0.05) is 32.4 Å². The molecule has 0 bridgehead atoms. The van der Waals surface area contributed by atoms with Crippen LogP contribution in [-0.4, -0.2) is 58.8 Å². The summed E-state index contributed by atoms with van der Waals surface area (Å²) in [6.07, 6.45) is 2.72. The molecule has 2 aromatic rings. The summed E-state index contributed by atoms with van der Waals surface area (Å²) in [7, 11) is 0. The van der Waals surface area contributed by atoms with Crippen LogP contribution in [0.1, 0.15) is 23.7 Å². The average molecular weight is 369 g/mol. The summed E-state index contributed by atoms with van der Waals surface area (Å²) in [5.41, 5.74) is 1.77. The number of aliphatic carboxylic acids is 1. The smallest absolute Gasteiger partial charge is 0.325 e. The molecule has 4 rings (SSSR count). The number of benzene rings is 1. The zero-order valence-corrected chi connectivity index (χ0v) is 15.1. The van der Waals surface area contributed by atoms with Crippen LogP contribution in [-0.2, 0) is 11.3 Å². The number of carbonyl (C=O) groups is 1. The number of fused-ring (bicyclic) bond motifs is 1. The van der Waals surface area contributed by atoms with Crippen molar-refractivity contribution < 1.29 is 19.4 Å². The van der Waals surface area contributed by atoms with Gasteiger partial charge in [0.25, 0.3) is 0 Å². The minimum absolute atomic E-state index is 0.183. The molecular formula is C20H23N3O4. The fourth-order valence-electron chi connectivity index (χ4n) is 3.72. The SMILES string of the molecule is O=C(O)[C@H](c1ccc2c(c1)OCO2)N1CCCN(Cc2ccccn2)CC1. The van der Waals surface area contributed by atoms with Crippen LogP contribution in [0, 0.1) is 0 Å². The van der Waals surface area contributed by atoms with Crippen molar-refractivity contribution in [2.75, 3.05) is 33.0 Å². The zero-order valence-electron chi connectivity index (χ0n) is 15.1. The molecule has 0 spiro atoms. The Kier molecular flexibility index (Phi) is 5.22. The lowest BCUT2D eigenvalue weighted by Crippen LogP contribution is -2.37. The first-order valence-corrected chi connectivity index (χ1v) is 9.19. The molecule has 142 valence electrons. The number of ether oxygens (including phenoxy) is 2.